The summed E-state index contributed by atoms with van der Waals surface area (Å²) in [5.41, 5.74) is 3.22. The zero-order chi connectivity index (χ0) is 23.2. The van der Waals surface area contributed by atoms with E-state index in [0.717, 1.165) is 6.20 Å². The Kier molecular flexibility index (Phi) is 6.28. The molecule has 0 aromatic carbocycles. The summed E-state index contributed by atoms with van der Waals surface area (Å²) < 4.78 is 38.8. The molecule has 0 aliphatic carbocycles. The summed E-state index contributed by atoms with van der Waals surface area (Å²) >= 11 is 6.42. The molecule has 0 aliphatic heterocycles. The second kappa shape index (κ2) is 9.03. The van der Waals surface area contributed by atoms with Crippen LogP contribution in [0.25, 0.3) is 33.3 Å². The Morgan fingerprint density at radius 3 is 2.65 bits per heavy atom. The van der Waals surface area contributed by atoms with Crippen LogP contribution in [0.5, 0.6) is 0 Å². The van der Waals surface area contributed by atoms with Gasteiger partial charge in [0.15, 0.2) is 11.5 Å². The molecular formula is C20H16Cl2F3N9. The van der Waals surface area contributed by atoms with Crippen molar-refractivity contribution < 1.29 is 13.2 Å². The quantitative estimate of drug-likeness (QED) is 0.273. The van der Waals surface area contributed by atoms with Crippen LogP contribution in [0.15, 0.2) is 37.3 Å². The first-order valence-corrected chi connectivity index (χ1v) is 10.2. The van der Waals surface area contributed by atoms with Gasteiger partial charge >= 0.3 is 6.18 Å². The predicted molar refractivity (Wildman–Crippen MR) is 123 cm³/mol. The highest BCUT2D eigenvalue weighted by Gasteiger charge is 2.35. The van der Waals surface area contributed by atoms with Crippen LogP contribution in [-0.4, -0.2) is 39.9 Å². The fourth-order valence-electron chi connectivity index (χ4n) is 3.57. The number of hydrogen-bond acceptors (Lipinski definition) is 7. The van der Waals surface area contributed by atoms with Gasteiger partial charge in [0.1, 0.15) is 22.6 Å². The molecule has 1 unspecified atom stereocenters. The number of rotatable bonds is 5. The monoisotopic (exact) mass is 509 g/mol. The molecule has 5 aromatic heterocycles. The lowest BCUT2D eigenvalue weighted by molar-refractivity contribution is -0.144. The van der Waals surface area contributed by atoms with Crippen LogP contribution in [0, 0.1) is 0 Å². The van der Waals surface area contributed by atoms with Gasteiger partial charge in [-0.15, -0.1) is 12.4 Å². The zero-order valence-corrected chi connectivity index (χ0v) is 18.9. The molecule has 9 nitrogen and oxygen atoms in total. The second-order valence-corrected chi connectivity index (χ2v) is 7.55. The maximum absolute atomic E-state index is 12.9. The molecule has 0 fully saturated rings. The number of aromatic nitrogens is 8. The number of anilines is 1. The van der Waals surface area contributed by atoms with Crippen LogP contribution in [0.1, 0.15) is 30.8 Å². The first-order chi connectivity index (χ1) is 15.8. The average molecular weight is 510 g/mol. The molecule has 0 radical (unpaired) electrons. The SMILES string of the molecule is CCC(Nc1ncnc2[nH]cnc12)c1cc(-c2c[nH]c3nc(C(F)(F)F)ncc23)cnc1Cl.Cl. The molecule has 0 saturated carbocycles. The molecule has 14 heteroatoms. The van der Waals surface area contributed by atoms with E-state index >= 15 is 0 Å². The lowest BCUT2D eigenvalue weighted by atomic mass is 10.0. The van der Waals surface area contributed by atoms with Gasteiger partial charge in [0, 0.05) is 40.7 Å². The van der Waals surface area contributed by atoms with Gasteiger partial charge in [-0.2, -0.15) is 13.2 Å². The number of nitrogens with one attached hydrogen (secondary N) is 3. The van der Waals surface area contributed by atoms with E-state index in [-0.39, 0.29) is 24.1 Å². The van der Waals surface area contributed by atoms with Crippen LogP contribution >= 0.6 is 24.0 Å². The molecule has 1 atom stereocenters. The van der Waals surface area contributed by atoms with Gasteiger partial charge in [-0.25, -0.2) is 29.9 Å². The third-order valence-corrected chi connectivity index (χ3v) is 5.49. The number of nitrogens with zero attached hydrogens (tertiary/aromatic N) is 6. The highest BCUT2D eigenvalue weighted by atomic mass is 35.5. The molecule has 0 bridgehead atoms. The largest absolute Gasteiger partial charge is 0.451 e. The van der Waals surface area contributed by atoms with E-state index in [1.807, 2.05) is 13.0 Å². The maximum atomic E-state index is 12.9. The predicted octanol–water partition coefficient (Wildman–Crippen LogP) is 5.34. The van der Waals surface area contributed by atoms with E-state index in [0.29, 0.717) is 50.6 Å². The smallest absolute Gasteiger partial charge is 0.361 e. The zero-order valence-electron chi connectivity index (χ0n) is 17.4. The van der Waals surface area contributed by atoms with Crippen molar-refractivity contribution in [3.05, 3.63) is 53.9 Å². The third kappa shape index (κ3) is 4.21. The summed E-state index contributed by atoms with van der Waals surface area (Å²) in [5.74, 6) is -0.669. The Morgan fingerprint density at radius 1 is 1.06 bits per heavy atom. The first-order valence-electron chi connectivity index (χ1n) is 9.83. The molecule has 5 rings (SSSR count). The van der Waals surface area contributed by atoms with E-state index in [1.54, 1.807) is 12.4 Å². The minimum absolute atomic E-state index is 0. The van der Waals surface area contributed by atoms with Gasteiger partial charge in [0.2, 0.25) is 5.82 Å². The van der Waals surface area contributed by atoms with Crippen molar-refractivity contribution in [3.63, 3.8) is 0 Å². The van der Waals surface area contributed by atoms with Gasteiger partial charge in [-0.1, -0.05) is 18.5 Å². The van der Waals surface area contributed by atoms with Gasteiger partial charge in [-0.05, 0) is 12.5 Å². The second-order valence-electron chi connectivity index (χ2n) is 7.19. The summed E-state index contributed by atoms with van der Waals surface area (Å²) in [4.78, 5) is 29.7. The van der Waals surface area contributed by atoms with Gasteiger partial charge in [-0.3, -0.25) is 0 Å². The van der Waals surface area contributed by atoms with Crippen LogP contribution in [0.3, 0.4) is 0 Å². The van der Waals surface area contributed by atoms with Gasteiger partial charge < -0.3 is 15.3 Å². The van der Waals surface area contributed by atoms with E-state index in [9.17, 15) is 13.2 Å². The van der Waals surface area contributed by atoms with Crippen LogP contribution in [0.2, 0.25) is 5.15 Å². The number of aromatic amines is 2. The minimum Gasteiger partial charge on any atom is -0.361 e. The van der Waals surface area contributed by atoms with E-state index in [2.05, 4.69) is 45.2 Å². The number of alkyl halides is 3. The summed E-state index contributed by atoms with van der Waals surface area (Å²) in [6.07, 6.45) is 3.24. The summed E-state index contributed by atoms with van der Waals surface area (Å²) in [5, 5.41) is 4.06. The summed E-state index contributed by atoms with van der Waals surface area (Å²) in [6, 6.07) is 1.57. The van der Waals surface area contributed by atoms with Crippen molar-refractivity contribution in [2.75, 3.05) is 5.32 Å². The maximum Gasteiger partial charge on any atom is 0.451 e. The number of H-pyrrole nitrogens is 2. The number of hydrogen-bond donors (Lipinski definition) is 3. The Hall–Kier alpha value is -3.51. The highest BCUT2D eigenvalue weighted by molar-refractivity contribution is 6.30. The fraction of sp³-hybridized carbons (Fsp3) is 0.200. The van der Waals surface area contributed by atoms with Crippen molar-refractivity contribution in [1.82, 2.24) is 39.9 Å². The van der Waals surface area contributed by atoms with Crippen LogP contribution in [-0.2, 0) is 6.18 Å². The molecule has 0 aliphatic rings. The Morgan fingerprint density at radius 2 is 1.88 bits per heavy atom. The molecule has 0 spiro atoms. The first kappa shape index (κ1) is 23.6. The Labute approximate surface area is 201 Å². The van der Waals surface area contributed by atoms with Gasteiger partial charge in [0.05, 0.1) is 12.4 Å². The minimum atomic E-state index is -4.63. The van der Waals surface area contributed by atoms with Crippen LogP contribution < -0.4 is 5.32 Å². The normalized spacial score (nSPS) is 12.6. The van der Waals surface area contributed by atoms with Crippen molar-refractivity contribution in [1.29, 1.82) is 0 Å². The summed E-state index contributed by atoms with van der Waals surface area (Å²) in [7, 11) is 0. The highest BCUT2D eigenvalue weighted by Crippen LogP contribution is 2.35. The van der Waals surface area contributed by atoms with Crippen molar-refractivity contribution in [3.8, 4) is 11.1 Å². The molecule has 3 N–H and O–H groups in total. The average Bonchev–Trinajstić information content (AvgIpc) is 3.44. The van der Waals surface area contributed by atoms with Crippen molar-refractivity contribution in [2.24, 2.45) is 0 Å². The molecular weight excluding hydrogens is 494 g/mol. The third-order valence-electron chi connectivity index (χ3n) is 5.17. The Balaban J connectivity index is 0.00000274. The van der Waals surface area contributed by atoms with E-state index in [4.69, 9.17) is 11.6 Å². The molecule has 34 heavy (non-hydrogen) atoms. The standard InChI is InChI=1S/C20H15ClF3N9.ClH/c1-2-13(32-18-14-17(29-7-28-14)30-8-31-18)10-3-9(4-25-15(10)21)11-5-26-16-12(11)6-27-19(33-16)20(22,23)24;/h3-8,13H,2H2,1H3,(H,26,27,33)(H2,28,29,30,31,32);1H. The fourth-order valence-corrected chi connectivity index (χ4v) is 3.81. The number of imidazole rings is 1. The van der Waals surface area contributed by atoms with Crippen LogP contribution in [0.4, 0.5) is 19.0 Å². The van der Waals surface area contributed by atoms with E-state index in [1.165, 1.54) is 12.7 Å². The molecule has 0 amide bonds. The topological polar surface area (TPSA) is 121 Å². The van der Waals surface area contributed by atoms with E-state index < -0.39 is 12.0 Å². The molecule has 176 valence electrons. The lowest BCUT2D eigenvalue weighted by Gasteiger charge is -2.19. The molecule has 5 heterocycles. The molecule has 5 aromatic rings. The van der Waals surface area contributed by atoms with Crippen molar-refractivity contribution in [2.45, 2.75) is 25.6 Å². The molecule has 0 saturated heterocycles. The number of fused-ring (bicyclic) bond motifs is 2. The summed E-state index contributed by atoms with van der Waals surface area (Å²) in [6.45, 7) is 1.97. The van der Waals surface area contributed by atoms with Crippen molar-refractivity contribution >= 4 is 52.0 Å². The lowest BCUT2D eigenvalue weighted by Crippen LogP contribution is -2.12. The van der Waals surface area contributed by atoms with Gasteiger partial charge in [0.25, 0.3) is 0 Å². The number of pyridine rings is 1. The Bertz CT molecular complexity index is 1470. The number of halogens is 5.